The van der Waals surface area contributed by atoms with Gasteiger partial charge < -0.3 is 27.2 Å². The predicted molar refractivity (Wildman–Crippen MR) is 73.2 cm³/mol. The number of likely N-dealkylation sites (tertiary alicyclic amines) is 1. The van der Waals surface area contributed by atoms with Crippen molar-refractivity contribution >= 4 is 11.6 Å². The van der Waals surface area contributed by atoms with Crippen molar-refractivity contribution in [3.63, 3.8) is 0 Å². The van der Waals surface area contributed by atoms with E-state index in [0.29, 0.717) is 18.2 Å². The maximum absolute atomic E-state index is 9.92. The second-order valence-corrected chi connectivity index (χ2v) is 5.22. The molecule has 0 aromatic heterocycles. The fourth-order valence-electron chi connectivity index (χ4n) is 2.22. The van der Waals surface area contributed by atoms with Crippen LogP contribution in [0.5, 0.6) is 5.75 Å². The van der Waals surface area contributed by atoms with Gasteiger partial charge >= 0.3 is 0 Å². The normalized spacial score (nSPS) is 17.6. The van der Waals surface area contributed by atoms with Gasteiger partial charge in [-0.1, -0.05) is 18.0 Å². The summed E-state index contributed by atoms with van der Waals surface area (Å²) in [7, 11) is 0. The number of aliphatic hydroxyl groups is 1. The Balaban J connectivity index is 0.00000180. The Bertz CT molecular complexity index is 353. The zero-order valence-corrected chi connectivity index (χ0v) is 12.4. The smallest absolute Gasteiger partial charge is 0.119 e. The lowest BCUT2D eigenvalue weighted by Gasteiger charge is -2.28. The highest BCUT2D eigenvalue weighted by Gasteiger charge is 2.14. The van der Waals surface area contributed by atoms with Gasteiger partial charge in [-0.2, -0.15) is 0 Å². The van der Waals surface area contributed by atoms with E-state index in [1.807, 2.05) is 12.1 Å². The largest absolute Gasteiger partial charge is 1.00 e. The molecule has 1 aromatic rings. The van der Waals surface area contributed by atoms with E-state index >= 15 is 0 Å². The first kappa shape index (κ1) is 16.6. The first-order valence-electron chi connectivity index (χ1n) is 6.53. The van der Waals surface area contributed by atoms with E-state index in [9.17, 15) is 5.11 Å². The molecule has 0 bridgehead atoms. The standard InChI is InChI=1S/C14H20ClNO2.ClH/c15-12-4-6-14(7-5-12)18-11-13(17)10-16-8-2-1-3-9-16;/h4-7,13,17H,1-3,8-11H2;1H/p-1. The third kappa shape index (κ3) is 6.00. The molecule has 1 N–H and O–H groups in total. The van der Waals surface area contributed by atoms with Crippen molar-refractivity contribution in [2.24, 2.45) is 0 Å². The number of nitrogens with zero attached hydrogens (tertiary/aromatic N) is 1. The Morgan fingerprint density at radius 3 is 2.42 bits per heavy atom. The quantitative estimate of drug-likeness (QED) is 0.801. The Labute approximate surface area is 125 Å². The van der Waals surface area contributed by atoms with Crippen LogP contribution in [0.25, 0.3) is 0 Å². The van der Waals surface area contributed by atoms with Gasteiger partial charge in [-0.25, -0.2) is 0 Å². The number of ether oxygens (including phenoxy) is 1. The Kier molecular flexibility index (Phi) is 7.54. The maximum Gasteiger partial charge on any atom is 0.119 e. The summed E-state index contributed by atoms with van der Waals surface area (Å²) in [5.74, 6) is 0.747. The van der Waals surface area contributed by atoms with Gasteiger partial charge in [-0.15, -0.1) is 0 Å². The molecule has 1 heterocycles. The molecule has 5 heteroatoms. The van der Waals surface area contributed by atoms with Gasteiger partial charge in [0.1, 0.15) is 18.5 Å². The summed E-state index contributed by atoms with van der Waals surface area (Å²) < 4.78 is 5.53. The summed E-state index contributed by atoms with van der Waals surface area (Å²) >= 11 is 5.79. The molecule has 3 nitrogen and oxygen atoms in total. The van der Waals surface area contributed by atoms with Crippen LogP contribution >= 0.6 is 11.6 Å². The molecule has 1 aliphatic heterocycles. The second-order valence-electron chi connectivity index (χ2n) is 4.78. The van der Waals surface area contributed by atoms with Crippen molar-refractivity contribution in [2.45, 2.75) is 25.4 Å². The third-order valence-electron chi connectivity index (χ3n) is 3.17. The van der Waals surface area contributed by atoms with Crippen LogP contribution < -0.4 is 17.1 Å². The molecule has 0 saturated carbocycles. The van der Waals surface area contributed by atoms with Crippen molar-refractivity contribution in [3.8, 4) is 5.75 Å². The van der Waals surface area contributed by atoms with E-state index in [1.165, 1.54) is 19.3 Å². The van der Waals surface area contributed by atoms with Crippen LogP contribution in [0.4, 0.5) is 0 Å². The topological polar surface area (TPSA) is 32.7 Å². The van der Waals surface area contributed by atoms with Gasteiger partial charge in [0, 0.05) is 11.6 Å². The van der Waals surface area contributed by atoms with Crippen LogP contribution in [0.15, 0.2) is 24.3 Å². The van der Waals surface area contributed by atoms with E-state index < -0.39 is 6.10 Å². The van der Waals surface area contributed by atoms with Gasteiger partial charge in [-0.05, 0) is 50.2 Å². The van der Waals surface area contributed by atoms with Gasteiger partial charge in [0.25, 0.3) is 0 Å². The van der Waals surface area contributed by atoms with Crippen molar-refractivity contribution in [1.82, 2.24) is 4.90 Å². The van der Waals surface area contributed by atoms with Crippen LogP contribution in [-0.4, -0.2) is 42.4 Å². The number of β-amino-alcohol motifs (C(OH)–C–C–N with tert-alkyl or cyclic N) is 1. The number of aliphatic hydroxyl groups excluding tert-OH is 1. The van der Waals surface area contributed by atoms with Crippen LogP contribution in [0.2, 0.25) is 5.02 Å². The number of hydrogen-bond acceptors (Lipinski definition) is 3. The van der Waals surface area contributed by atoms with Crippen molar-refractivity contribution in [2.75, 3.05) is 26.2 Å². The zero-order valence-electron chi connectivity index (χ0n) is 10.9. The summed E-state index contributed by atoms with van der Waals surface area (Å²) in [5.41, 5.74) is 0. The van der Waals surface area contributed by atoms with Gasteiger partial charge in [0.05, 0.1) is 0 Å². The molecule has 0 spiro atoms. The minimum Gasteiger partial charge on any atom is -1.00 e. The Morgan fingerprint density at radius 2 is 1.79 bits per heavy atom. The summed E-state index contributed by atoms with van der Waals surface area (Å²) in [5, 5.41) is 10.6. The second kappa shape index (κ2) is 8.64. The molecular formula is C14H20Cl2NO2-. The molecule has 1 aromatic carbocycles. The summed E-state index contributed by atoms with van der Waals surface area (Å²) in [4.78, 5) is 2.30. The number of halogens is 2. The maximum atomic E-state index is 9.92. The van der Waals surface area contributed by atoms with Gasteiger partial charge in [-0.3, -0.25) is 0 Å². The summed E-state index contributed by atoms with van der Waals surface area (Å²) in [6.07, 6.45) is 3.36. The highest BCUT2D eigenvalue weighted by Crippen LogP contribution is 2.16. The molecule has 0 amide bonds. The fourth-order valence-corrected chi connectivity index (χ4v) is 2.34. The van der Waals surface area contributed by atoms with Crippen molar-refractivity contribution in [1.29, 1.82) is 0 Å². The van der Waals surface area contributed by atoms with Gasteiger partial charge in [0.2, 0.25) is 0 Å². The molecule has 2 rings (SSSR count). The van der Waals surface area contributed by atoms with Crippen molar-refractivity contribution in [3.05, 3.63) is 29.3 Å². The minimum atomic E-state index is -0.432. The fraction of sp³-hybridized carbons (Fsp3) is 0.571. The lowest BCUT2D eigenvalue weighted by molar-refractivity contribution is -0.00000599. The van der Waals surface area contributed by atoms with E-state index in [4.69, 9.17) is 16.3 Å². The molecule has 0 aliphatic carbocycles. The van der Waals surface area contributed by atoms with E-state index in [-0.39, 0.29) is 12.4 Å². The molecule has 1 fully saturated rings. The van der Waals surface area contributed by atoms with Gasteiger partial charge in [0.15, 0.2) is 0 Å². The van der Waals surface area contributed by atoms with E-state index in [1.54, 1.807) is 12.1 Å². The molecule has 1 aliphatic rings. The minimum absolute atomic E-state index is 0. The Morgan fingerprint density at radius 1 is 1.16 bits per heavy atom. The summed E-state index contributed by atoms with van der Waals surface area (Å²) in [6, 6.07) is 7.20. The zero-order chi connectivity index (χ0) is 12.8. The highest BCUT2D eigenvalue weighted by atomic mass is 35.5. The predicted octanol–water partition coefficient (Wildman–Crippen LogP) is -0.430. The molecule has 1 atom stereocenters. The monoisotopic (exact) mass is 304 g/mol. The van der Waals surface area contributed by atoms with Crippen LogP contribution in [0, 0.1) is 0 Å². The molecular weight excluding hydrogens is 285 g/mol. The molecule has 0 radical (unpaired) electrons. The van der Waals surface area contributed by atoms with Crippen molar-refractivity contribution < 1.29 is 22.3 Å². The molecule has 1 saturated heterocycles. The highest BCUT2D eigenvalue weighted by molar-refractivity contribution is 6.30. The first-order chi connectivity index (χ1) is 8.74. The van der Waals surface area contributed by atoms with Crippen LogP contribution in [-0.2, 0) is 0 Å². The molecule has 19 heavy (non-hydrogen) atoms. The number of benzene rings is 1. The molecule has 1 unspecified atom stereocenters. The molecule has 108 valence electrons. The van der Waals surface area contributed by atoms with Crippen LogP contribution in [0.3, 0.4) is 0 Å². The third-order valence-corrected chi connectivity index (χ3v) is 3.43. The van der Waals surface area contributed by atoms with E-state index in [2.05, 4.69) is 4.90 Å². The average Bonchev–Trinajstić information content (AvgIpc) is 2.39. The van der Waals surface area contributed by atoms with Crippen LogP contribution in [0.1, 0.15) is 19.3 Å². The Hall–Kier alpha value is -0.480. The lowest BCUT2D eigenvalue weighted by atomic mass is 10.1. The number of hydrogen-bond donors (Lipinski definition) is 1. The average molecular weight is 305 g/mol. The lowest BCUT2D eigenvalue weighted by Crippen LogP contribution is -3.00. The number of rotatable bonds is 5. The first-order valence-corrected chi connectivity index (χ1v) is 6.90. The SMILES string of the molecule is OC(COc1ccc(Cl)cc1)CN1CCCCC1.[Cl-]. The van der Waals surface area contributed by atoms with E-state index in [0.717, 1.165) is 18.8 Å². The summed E-state index contributed by atoms with van der Waals surface area (Å²) in [6.45, 7) is 3.22. The number of piperidine rings is 1.